The molecule has 1 aromatic heterocycles. The third kappa shape index (κ3) is 2.06. The Labute approximate surface area is 89.1 Å². The second-order valence-corrected chi connectivity index (χ2v) is 3.42. The molecule has 78 valence electrons. The van der Waals surface area contributed by atoms with E-state index < -0.39 is 0 Å². The minimum absolute atomic E-state index is 0.675. The van der Waals surface area contributed by atoms with E-state index in [1.807, 2.05) is 19.1 Å². The Morgan fingerprint density at radius 2 is 1.80 bits per heavy atom. The molecule has 0 aliphatic heterocycles. The molecule has 3 heteroatoms. The minimum atomic E-state index is 0.675. The number of hydrogen-bond donors (Lipinski definition) is 0. The number of rotatable bonds is 3. The first-order valence-corrected chi connectivity index (χ1v) is 5.25. The van der Waals surface area contributed by atoms with E-state index in [2.05, 4.69) is 29.2 Å². The van der Waals surface area contributed by atoms with Crippen molar-refractivity contribution in [1.82, 2.24) is 10.1 Å². The van der Waals surface area contributed by atoms with Crippen LogP contribution in [0.5, 0.6) is 0 Å². The lowest BCUT2D eigenvalue weighted by atomic mass is 10.1. The van der Waals surface area contributed by atoms with Gasteiger partial charge in [0.15, 0.2) is 0 Å². The van der Waals surface area contributed by atoms with Crippen molar-refractivity contribution in [2.75, 3.05) is 0 Å². The Balaban J connectivity index is 2.28. The summed E-state index contributed by atoms with van der Waals surface area (Å²) < 4.78 is 5.06. The standard InChI is InChI=1S/C12H14N2O/c1-3-9-5-7-10(8-6-9)12-13-11(4-2)15-14-12/h5-8H,3-4H2,1-2H3. The summed E-state index contributed by atoms with van der Waals surface area (Å²) >= 11 is 0. The molecule has 0 aliphatic carbocycles. The first-order valence-electron chi connectivity index (χ1n) is 5.25. The van der Waals surface area contributed by atoms with Gasteiger partial charge in [0.1, 0.15) is 0 Å². The maximum Gasteiger partial charge on any atom is 0.226 e. The van der Waals surface area contributed by atoms with Gasteiger partial charge in [0.25, 0.3) is 0 Å². The van der Waals surface area contributed by atoms with Gasteiger partial charge in [-0.2, -0.15) is 4.98 Å². The summed E-state index contributed by atoms with van der Waals surface area (Å²) in [6.45, 7) is 4.13. The normalized spacial score (nSPS) is 10.5. The maximum atomic E-state index is 5.06. The van der Waals surface area contributed by atoms with Gasteiger partial charge in [-0.05, 0) is 12.0 Å². The lowest BCUT2D eigenvalue weighted by Gasteiger charge is -1.97. The van der Waals surface area contributed by atoms with Crippen LogP contribution >= 0.6 is 0 Å². The van der Waals surface area contributed by atoms with Crippen molar-refractivity contribution in [2.24, 2.45) is 0 Å². The molecule has 3 nitrogen and oxygen atoms in total. The lowest BCUT2D eigenvalue weighted by molar-refractivity contribution is 0.383. The van der Waals surface area contributed by atoms with Crippen LogP contribution in [-0.4, -0.2) is 10.1 Å². The average Bonchev–Trinajstić information content (AvgIpc) is 2.78. The summed E-state index contributed by atoms with van der Waals surface area (Å²) in [6, 6.07) is 8.25. The molecule has 0 amide bonds. The molecule has 0 saturated carbocycles. The van der Waals surface area contributed by atoms with Crippen LogP contribution in [0.1, 0.15) is 25.3 Å². The van der Waals surface area contributed by atoms with E-state index in [-0.39, 0.29) is 0 Å². The molecular formula is C12H14N2O. The third-order valence-electron chi connectivity index (χ3n) is 2.39. The van der Waals surface area contributed by atoms with Gasteiger partial charge < -0.3 is 4.52 Å². The van der Waals surface area contributed by atoms with Crippen molar-refractivity contribution >= 4 is 0 Å². The second-order valence-electron chi connectivity index (χ2n) is 3.42. The fourth-order valence-electron chi connectivity index (χ4n) is 1.41. The van der Waals surface area contributed by atoms with Gasteiger partial charge in [0.2, 0.25) is 11.7 Å². The number of nitrogens with zero attached hydrogens (tertiary/aromatic N) is 2. The molecule has 15 heavy (non-hydrogen) atoms. The first kappa shape index (κ1) is 9.90. The van der Waals surface area contributed by atoms with Crippen molar-refractivity contribution in [3.05, 3.63) is 35.7 Å². The van der Waals surface area contributed by atoms with E-state index in [4.69, 9.17) is 4.52 Å². The van der Waals surface area contributed by atoms with Crippen molar-refractivity contribution in [2.45, 2.75) is 26.7 Å². The third-order valence-corrected chi connectivity index (χ3v) is 2.39. The van der Waals surface area contributed by atoms with Crippen molar-refractivity contribution < 1.29 is 4.52 Å². The van der Waals surface area contributed by atoms with Gasteiger partial charge in [-0.25, -0.2) is 0 Å². The molecule has 2 rings (SSSR count). The molecule has 0 N–H and O–H groups in total. The van der Waals surface area contributed by atoms with Crippen LogP contribution < -0.4 is 0 Å². The molecule has 0 aliphatic rings. The summed E-state index contributed by atoms with van der Waals surface area (Å²) in [6.07, 6.45) is 1.83. The number of benzene rings is 1. The van der Waals surface area contributed by atoms with Crippen LogP contribution in [0.15, 0.2) is 28.8 Å². The highest BCUT2D eigenvalue weighted by Crippen LogP contribution is 2.16. The fraction of sp³-hybridized carbons (Fsp3) is 0.333. The molecule has 0 fully saturated rings. The van der Waals surface area contributed by atoms with E-state index in [1.165, 1.54) is 5.56 Å². The fourth-order valence-corrected chi connectivity index (χ4v) is 1.41. The smallest absolute Gasteiger partial charge is 0.226 e. The Morgan fingerprint density at radius 1 is 1.07 bits per heavy atom. The zero-order valence-electron chi connectivity index (χ0n) is 9.03. The van der Waals surface area contributed by atoms with E-state index >= 15 is 0 Å². The topological polar surface area (TPSA) is 38.9 Å². The summed E-state index contributed by atoms with van der Waals surface area (Å²) in [4.78, 5) is 4.28. The maximum absolute atomic E-state index is 5.06. The molecule has 2 aromatic rings. The highest BCUT2D eigenvalue weighted by Gasteiger charge is 2.06. The molecule has 1 heterocycles. The molecule has 0 atom stereocenters. The molecule has 0 bridgehead atoms. The van der Waals surface area contributed by atoms with Gasteiger partial charge >= 0.3 is 0 Å². The Bertz CT molecular complexity index is 431. The van der Waals surface area contributed by atoms with E-state index in [0.717, 1.165) is 18.4 Å². The monoisotopic (exact) mass is 202 g/mol. The largest absolute Gasteiger partial charge is 0.339 e. The number of aryl methyl sites for hydroxylation is 2. The van der Waals surface area contributed by atoms with Crippen molar-refractivity contribution in [3.8, 4) is 11.4 Å². The van der Waals surface area contributed by atoms with Gasteiger partial charge in [-0.1, -0.05) is 43.3 Å². The first-order chi connectivity index (χ1) is 7.33. The predicted octanol–water partition coefficient (Wildman–Crippen LogP) is 2.86. The van der Waals surface area contributed by atoms with Crippen LogP contribution in [0, 0.1) is 0 Å². The zero-order valence-corrected chi connectivity index (χ0v) is 9.03. The van der Waals surface area contributed by atoms with Gasteiger partial charge in [-0.3, -0.25) is 0 Å². The van der Waals surface area contributed by atoms with Crippen LogP contribution in [-0.2, 0) is 12.8 Å². The number of hydrogen-bond acceptors (Lipinski definition) is 3. The average molecular weight is 202 g/mol. The van der Waals surface area contributed by atoms with E-state index in [1.54, 1.807) is 0 Å². The molecule has 0 unspecified atom stereocenters. The van der Waals surface area contributed by atoms with Gasteiger partial charge in [-0.15, -0.1) is 0 Å². The molecule has 0 saturated heterocycles. The molecule has 1 aromatic carbocycles. The van der Waals surface area contributed by atoms with E-state index in [0.29, 0.717) is 11.7 Å². The Hall–Kier alpha value is -1.64. The SMILES string of the molecule is CCc1ccc(-c2noc(CC)n2)cc1. The minimum Gasteiger partial charge on any atom is -0.339 e. The highest BCUT2D eigenvalue weighted by atomic mass is 16.5. The van der Waals surface area contributed by atoms with Crippen LogP contribution in [0.25, 0.3) is 11.4 Å². The Morgan fingerprint density at radius 3 is 2.33 bits per heavy atom. The molecule has 0 spiro atoms. The zero-order chi connectivity index (χ0) is 10.7. The van der Waals surface area contributed by atoms with Crippen LogP contribution in [0.3, 0.4) is 0 Å². The highest BCUT2D eigenvalue weighted by molar-refractivity contribution is 5.54. The lowest BCUT2D eigenvalue weighted by Crippen LogP contribution is -1.84. The summed E-state index contributed by atoms with van der Waals surface area (Å²) in [5.74, 6) is 1.36. The van der Waals surface area contributed by atoms with E-state index in [9.17, 15) is 0 Å². The van der Waals surface area contributed by atoms with Gasteiger partial charge in [0, 0.05) is 12.0 Å². The van der Waals surface area contributed by atoms with Crippen molar-refractivity contribution in [1.29, 1.82) is 0 Å². The Kier molecular flexibility index (Phi) is 2.81. The predicted molar refractivity (Wildman–Crippen MR) is 58.5 cm³/mol. The quantitative estimate of drug-likeness (QED) is 0.768. The number of aromatic nitrogens is 2. The van der Waals surface area contributed by atoms with Gasteiger partial charge in [0.05, 0.1) is 0 Å². The van der Waals surface area contributed by atoms with Crippen LogP contribution in [0.2, 0.25) is 0 Å². The van der Waals surface area contributed by atoms with Crippen molar-refractivity contribution in [3.63, 3.8) is 0 Å². The molecular weight excluding hydrogens is 188 g/mol. The summed E-state index contributed by atoms with van der Waals surface area (Å²) in [5.41, 5.74) is 2.33. The van der Waals surface area contributed by atoms with Crippen LogP contribution in [0.4, 0.5) is 0 Å². The summed E-state index contributed by atoms with van der Waals surface area (Å²) in [7, 11) is 0. The summed E-state index contributed by atoms with van der Waals surface area (Å²) in [5, 5.41) is 3.93. The second kappa shape index (κ2) is 4.26. The molecule has 0 radical (unpaired) electrons.